The normalized spacial score (nSPS) is 16.8. The van der Waals surface area contributed by atoms with Crippen LogP contribution in [-0.4, -0.2) is 45.0 Å². The summed E-state index contributed by atoms with van der Waals surface area (Å²) in [5.41, 5.74) is 2.56. The first kappa shape index (κ1) is 16.2. The van der Waals surface area contributed by atoms with E-state index in [9.17, 15) is 0 Å². The van der Waals surface area contributed by atoms with Crippen molar-refractivity contribution in [1.82, 2.24) is 10.7 Å². The molecule has 0 aromatic heterocycles. The Morgan fingerprint density at radius 1 is 1.32 bits per heavy atom. The number of ether oxygens (including phenoxy) is 2. The molecule has 1 fully saturated rings. The molecule has 0 saturated heterocycles. The zero-order valence-corrected chi connectivity index (χ0v) is 12.0. The Labute approximate surface area is 116 Å². The summed E-state index contributed by atoms with van der Waals surface area (Å²) in [6.07, 6.45) is 6.36. The maximum atomic E-state index is 5.75. The van der Waals surface area contributed by atoms with Crippen LogP contribution in [0.4, 0.5) is 0 Å². The van der Waals surface area contributed by atoms with Crippen molar-refractivity contribution in [2.75, 3.05) is 32.9 Å². The van der Waals surface area contributed by atoms with Crippen LogP contribution in [0.15, 0.2) is 4.99 Å². The molecule has 1 saturated carbocycles. The van der Waals surface area contributed by atoms with Crippen molar-refractivity contribution in [1.29, 1.82) is 0 Å². The second kappa shape index (κ2) is 11.0. The number of guanidine groups is 1. The summed E-state index contributed by atoms with van der Waals surface area (Å²) in [5, 5.41) is 3.13. The molecular weight excluding hydrogens is 244 g/mol. The maximum absolute atomic E-state index is 5.75. The number of hydrogen-bond donors (Lipinski definition) is 3. The third-order valence-electron chi connectivity index (χ3n) is 3.11. The quantitative estimate of drug-likeness (QED) is 0.190. The van der Waals surface area contributed by atoms with Gasteiger partial charge in [0.05, 0.1) is 12.7 Å². The van der Waals surface area contributed by atoms with Crippen LogP contribution in [-0.2, 0) is 9.47 Å². The number of rotatable bonds is 9. The van der Waals surface area contributed by atoms with Gasteiger partial charge in [0.15, 0.2) is 0 Å². The molecule has 19 heavy (non-hydrogen) atoms. The van der Waals surface area contributed by atoms with Crippen LogP contribution in [0.25, 0.3) is 0 Å². The SMILES string of the molecule is CCOCCCN=C(NN)NCCOC1CCCC1. The van der Waals surface area contributed by atoms with Crippen molar-refractivity contribution in [3.05, 3.63) is 0 Å². The van der Waals surface area contributed by atoms with E-state index in [0.717, 1.165) is 26.2 Å². The zero-order valence-electron chi connectivity index (χ0n) is 12.0. The zero-order chi connectivity index (χ0) is 13.8. The van der Waals surface area contributed by atoms with Gasteiger partial charge >= 0.3 is 0 Å². The lowest BCUT2D eigenvalue weighted by molar-refractivity contribution is 0.0622. The van der Waals surface area contributed by atoms with Crippen LogP contribution in [0.2, 0.25) is 0 Å². The molecule has 0 aromatic carbocycles. The minimum absolute atomic E-state index is 0.458. The van der Waals surface area contributed by atoms with Crippen LogP contribution >= 0.6 is 0 Å². The van der Waals surface area contributed by atoms with Gasteiger partial charge in [-0.25, -0.2) is 5.84 Å². The van der Waals surface area contributed by atoms with Crippen LogP contribution in [0.5, 0.6) is 0 Å². The van der Waals surface area contributed by atoms with E-state index in [1.807, 2.05) is 6.92 Å². The molecule has 4 N–H and O–H groups in total. The van der Waals surface area contributed by atoms with Gasteiger partial charge in [0, 0.05) is 26.3 Å². The van der Waals surface area contributed by atoms with Crippen LogP contribution in [0.1, 0.15) is 39.0 Å². The highest BCUT2D eigenvalue weighted by Crippen LogP contribution is 2.20. The highest BCUT2D eigenvalue weighted by Gasteiger charge is 2.14. The summed E-state index contributed by atoms with van der Waals surface area (Å²) < 4.78 is 11.0. The highest BCUT2D eigenvalue weighted by atomic mass is 16.5. The van der Waals surface area contributed by atoms with Crippen molar-refractivity contribution in [2.24, 2.45) is 10.8 Å². The standard InChI is InChI=1S/C13H28N4O2/c1-2-18-10-5-8-15-13(17-14)16-9-11-19-12-6-3-4-7-12/h12H,2-11,14H2,1H3,(H2,15,16,17). The van der Waals surface area contributed by atoms with E-state index < -0.39 is 0 Å². The van der Waals surface area contributed by atoms with E-state index in [2.05, 4.69) is 15.7 Å². The second-order valence-electron chi connectivity index (χ2n) is 4.63. The van der Waals surface area contributed by atoms with Crippen molar-refractivity contribution >= 4 is 5.96 Å². The van der Waals surface area contributed by atoms with Gasteiger partial charge in [0.1, 0.15) is 0 Å². The van der Waals surface area contributed by atoms with Gasteiger partial charge < -0.3 is 14.8 Å². The van der Waals surface area contributed by atoms with Crippen molar-refractivity contribution in [3.8, 4) is 0 Å². The lowest BCUT2D eigenvalue weighted by Crippen LogP contribution is -2.43. The van der Waals surface area contributed by atoms with Crippen LogP contribution in [0.3, 0.4) is 0 Å². The molecule has 1 aliphatic rings. The molecule has 6 heteroatoms. The predicted octanol–water partition coefficient (Wildman–Crippen LogP) is 0.781. The topological polar surface area (TPSA) is 80.9 Å². The summed E-state index contributed by atoms with van der Waals surface area (Å²) in [6, 6.07) is 0. The van der Waals surface area contributed by atoms with Crippen LogP contribution < -0.4 is 16.6 Å². The first-order valence-electron chi connectivity index (χ1n) is 7.31. The summed E-state index contributed by atoms with van der Waals surface area (Å²) >= 11 is 0. The third kappa shape index (κ3) is 8.02. The van der Waals surface area contributed by atoms with Gasteiger partial charge in [-0.1, -0.05) is 12.8 Å². The number of nitrogens with one attached hydrogen (secondary N) is 2. The number of aliphatic imine (C=N–C) groups is 1. The molecule has 0 heterocycles. The average molecular weight is 272 g/mol. The van der Waals surface area contributed by atoms with Gasteiger partial charge in [0.25, 0.3) is 0 Å². The number of nitrogens with zero attached hydrogens (tertiary/aromatic N) is 1. The monoisotopic (exact) mass is 272 g/mol. The summed E-state index contributed by atoms with van der Waals surface area (Å²) in [4.78, 5) is 4.32. The molecule has 0 spiro atoms. The lowest BCUT2D eigenvalue weighted by Gasteiger charge is -2.13. The second-order valence-corrected chi connectivity index (χ2v) is 4.63. The fraction of sp³-hybridized carbons (Fsp3) is 0.923. The molecule has 1 aliphatic carbocycles. The van der Waals surface area contributed by atoms with E-state index in [-0.39, 0.29) is 0 Å². The average Bonchev–Trinajstić information content (AvgIpc) is 2.94. The van der Waals surface area contributed by atoms with Crippen molar-refractivity contribution < 1.29 is 9.47 Å². The molecule has 112 valence electrons. The van der Waals surface area contributed by atoms with Gasteiger partial charge in [-0.3, -0.25) is 10.4 Å². The van der Waals surface area contributed by atoms with Crippen LogP contribution in [0, 0.1) is 0 Å². The fourth-order valence-corrected chi connectivity index (χ4v) is 2.10. The van der Waals surface area contributed by atoms with Gasteiger partial charge in [-0.15, -0.1) is 0 Å². The van der Waals surface area contributed by atoms with E-state index >= 15 is 0 Å². The van der Waals surface area contributed by atoms with Gasteiger partial charge in [0.2, 0.25) is 5.96 Å². The Bertz CT molecular complexity index is 243. The summed E-state index contributed by atoms with van der Waals surface area (Å²) in [7, 11) is 0. The first-order chi connectivity index (χ1) is 9.36. The number of hydrazine groups is 1. The first-order valence-corrected chi connectivity index (χ1v) is 7.31. The molecule has 0 atom stereocenters. The van der Waals surface area contributed by atoms with E-state index in [0.29, 0.717) is 25.2 Å². The molecule has 0 aliphatic heterocycles. The minimum Gasteiger partial charge on any atom is -0.382 e. The molecule has 0 unspecified atom stereocenters. The molecule has 1 rings (SSSR count). The predicted molar refractivity (Wildman–Crippen MR) is 76.9 cm³/mol. The molecule has 0 radical (unpaired) electrons. The number of nitrogens with two attached hydrogens (primary N) is 1. The Morgan fingerprint density at radius 3 is 2.79 bits per heavy atom. The minimum atomic E-state index is 0.458. The summed E-state index contributed by atoms with van der Waals surface area (Å²) in [6.45, 7) is 5.61. The number of hydrogen-bond acceptors (Lipinski definition) is 4. The molecular formula is C13H28N4O2. The Hall–Kier alpha value is -0.850. The molecule has 6 nitrogen and oxygen atoms in total. The molecule has 0 bridgehead atoms. The van der Waals surface area contributed by atoms with Crippen molar-refractivity contribution in [3.63, 3.8) is 0 Å². The largest absolute Gasteiger partial charge is 0.382 e. The lowest BCUT2D eigenvalue weighted by atomic mass is 10.3. The smallest absolute Gasteiger partial charge is 0.205 e. The van der Waals surface area contributed by atoms with E-state index in [1.54, 1.807) is 0 Å². The fourth-order valence-electron chi connectivity index (χ4n) is 2.10. The molecule has 0 aromatic rings. The summed E-state index contributed by atoms with van der Waals surface area (Å²) in [5.74, 6) is 6.02. The van der Waals surface area contributed by atoms with E-state index in [1.165, 1.54) is 25.7 Å². The van der Waals surface area contributed by atoms with E-state index in [4.69, 9.17) is 15.3 Å². The maximum Gasteiger partial charge on any atom is 0.205 e. The van der Waals surface area contributed by atoms with Crippen molar-refractivity contribution in [2.45, 2.75) is 45.1 Å². The third-order valence-corrected chi connectivity index (χ3v) is 3.11. The Kier molecular flexibility index (Phi) is 9.40. The highest BCUT2D eigenvalue weighted by molar-refractivity contribution is 5.79. The Morgan fingerprint density at radius 2 is 2.11 bits per heavy atom. The van der Waals surface area contributed by atoms with Gasteiger partial charge in [-0.2, -0.15) is 0 Å². The molecule has 0 amide bonds. The van der Waals surface area contributed by atoms with Gasteiger partial charge in [-0.05, 0) is 26.2 Å². The Balaban J connectivity index is 2.01.